The number of amides is 3. The van der Waals surface area contributed by atoms with Gasteiger partial charge in [0.1, 0.15) is 0 Å². The van der Waals surface area contributed by atoms with Crippen molar-refractivity contribution in [2.24, 2.45) is 0 Å². The molecule has 11 heteroatoms. The third-order valence-corrected chi connectivity index (χ3v) is 3.29. The lowest BCUT2D eigenvalue weighted by molar-refractivity contribution is -0.125. The molecule has 0 spiro atoms. The van der Waals surface area contributed by atoms with E-state index < -0.39 is 35.9 Å². The molecular formula is C16H16ClF3N2O5. The van der Waals surface area contributed by atoms with Gasteiger partial charge < -0.3 is 15.2 Å². The lowest BCUT2D eigenvalue weighted by Gasteiger charge is -2.20. The van der Waals surface area contributed by atoms with Crippen LogP contribution in [0.2, 0.25) is 5.02 Å². The normalized spacial score (nSPS) is 11.9. The van der Waals surface area contributed by atoms with E-state index >= 15 is 0 Å². The molecule has 0 aliphatic rings. The molecule has 0 saturated carbocycles. The first-order chi connectivity index (χ1) is 12.4. The second kappa shape index (κ2) is 8.76. The van der Waals surface area contributed by atoms with Crippen molar-refractivity contribution < 1.29 is 37.4 Å². The fourth-order valence-corrected chi connectivity index (χ4v) is 2.00. The summed E-state index contributed by atoms with van der Waals surface area (Å²) in [5.41, 5.74) is -0.459. The van der Waals surface area contributed by atoms with Gasteiger partial charge in [0.15, 0.2) is 0 Å². The van der Waals surface area contributed by atoms with Gasteiger partial charge in [0.25, 0.3) is 5.91 Å². The number of imide groups is 1. The highest BCUT2D eigenvalue weighted by Crippen LogP contribution is 2.27. The Kier molecular flexibility index (Phi) is 7.23. The Balaban J connectivity index is 3.39. The van der Waals surface area contributed by atoms with Crippen LogP contribution in [0.3, 0.4) is 0 Å². The van der Waals surface area contributed by atoms with Gasteiger partial charge >= 0.3 is 18.2 Å². The van der Waals surface area contributed by atoms with E-state index in [1.807, 2.05) is 0 Å². The number of carbonyl (C=O) groups excluding carboxylic acids is 3. The van der Waals surface area contributed by atoms with Crippen molar-refractivity contribution in [1.29, 1.82) is 0 Å². The van der Waals surface area contributed by atoms with Gasteiger partial charge in [-0.05, 0) is 32.0 Å². The molecule has 0 bridgehead atoms. The average Bonchev–Trinajstić information content (AvgIpc) is 2.54. The lowest BCUT2D eigenvalue weighted by Crippen LogP contribution is -2.42. The summed E-state index contributed by atoms with van der Waals surface area (Å²) in [5, 5.41) is 11.0. The topological polar surface area (TPSA) is 95.9 Å². The highest BCUT2D eigenvalue weighted by atomic mass is 35.5. The van der Waals surface area contributed by atoms with Crippen molar-refractivity contribution in [3.8, 4) is 0 Å². The number of hydrogen-bond donors (Lipinski definition) is 2. The van der Waals surface area contributed by atoms with E-state index in [0.29, 0.717) is 4.90 Å². The Morgan fingerprint density at radius 2 is 1.89 bits per heavy atom. The van der Waals surface area contributed by atoms with Gasteiger partial charge in [-0.15, -0.1) is 0 Å². The summed E-state index contributed by atoms with van der Waals surface area (Å²) in [6.45, 7) is 3.17. The molecule has 2 N–H and O–H groups in total. The van der Waals surface area contributed by atoms with Crippen molar-refractivity contribution in [3.05, 3.63) is 40.6 Å². The number of benzene rings is 1. The number of urea groups is 1. The summed E-state index contributed by atoms with van der Waals surface area (Å²) in [4.78, 5) is 36.5. The zero-order valence-corrected chi connectivity index (χ0v) is 15.2. The second-order valence-electron chi connectivity index (χ2n) is 5.37. The number of aliphatic hydroxyl groups is 1. The number of esters is 1. The van der Waals surface area contributed by atoms with E-state index in [0.717, 1.165) is 19.2 Å². The number of halogens is 4. The van der Waals surface area contributed by atoms with E-state index in [9.17, 15) is 27.6 Å². The van der Waals surface area contributed by atoms with Gasteiger partial charge in [0.2, 0.25) is 5.76 Å². The van der Waals surface area contributed by atoms with Gasteiger partial charge in [-0.2, -0.15) is 13.2 Å². The van der Waals surface area contributed by atoms with Crippen molar-refractivity contribution in [2.45, 2.75) is 26.1 Å². The number of nitrogens with one attached hydrogen (secondary N) is 1. The lowest BCUT2D eigenvalue weighted by atomic mass is 10.1. The van der Waals surface area contributed by atoms with Crippen LogP contribution >= 0.6 is 11.6 Å². The highest BCUT2D eigenvalue weighted by molar-refractivity contribution is 6.34. The van der Waals surface area contributed by atoms with Gasteiger partial charge in [-0.1, -0.05) is 11.6 Å². The number of rotatable bonds is 4. The number of alkyl halides is 3. The van der Waals surface area contributed by atoms with E-state index in [1.165, 1.54) is 6.07 Å². The van der Waals surface area contributed by atoms with Crippen molar-refractivity contribution in [3.63, 3.8) is 0 Å². The summed E-state index contributed by atoms with van der Waals surface area (Å²) >= 11 is 5.91. The molecule has 148 valence electrons. The zero-order chi connectivity index (χ0) is 20.9. The fraction of sp³-hybridized carbons (Fsp3) is 0.312. The predicted octanol–water partition coefficient (Wildman–Crippen LogP) is 3.58. The minimum atomic E-state index is -5.17. The molecule has 1 aromatic rings. The molecule has 0 unspecified atom stereocenters. The maximum absolute atomic E-state index is 12.4. The van der Waals surface area contributed by atoms with Gasteiger partial charge in [-0.3, -0.25) is 4.79 Å². The summed E-state index contributed by atoms with van der Waals surface area (Å²) in [5.74, 6) is -4.53. The molecule has 1 rings (SSSR count). The number of hydrogen-bond acceptors (Lipinski definition) is 5. The SMILES string of the molecule is CNC(=O)N(C(=O)/C=C(\O)C(F)(F)F)c1ccc(Cl)c(C(=O)OC(C)C)c1. The number of ether oxygens (including phenoxy) is 1. The third-order valence-electron chi connectivity index (χ3n) is 2.96. The van der Waals surface area contributed by atoms with Crippen LogP contribution in [0.5, 0.6) is 0 Å². The number of allylic oxidation sites excluding steroid dienone is 1. The number of anilines is 1. The zero-order valence-electron chi connectivity index (χ0n) is 14.4. The molecule has 27 heavy (non-hydrogen) atoms. The first-order valence-electron chi connectivity index (χ1n) is 7.42. The Morgan fingerprint density at radius 1 is 1.30 bits per heavy atom. The molecule has 1 aromatic carbocycles. The summed E-state index contributed by atoms with van der Waals surface area (Å²) in [6, 6.07) is 2.22. The Hall–Kier alpha value is -2.75. The molecule has 0 aromatic heterocycles. The smallest absolute Gasteiger partial charge is 0.448 e. The molecule has 0 heterocycles. The number of nitrogens with zero attached hydrogens (tertiary/aromatic N) is 1. The summed E-state index contributed by atoms with van der Waals surface area (Å²) < 4.78 is 42.3. The van der Waals surface area contributed by atoms with Crippen LogP contribution in [0.4, 0.5) is 23.7 Å². The van der Waals surface area contributed by atoms with E-state index in [2.05, 4.69) is 5.32 Å². The first-order valence-corrected chi connectivity index (χ1v) is 7.80. The van der Waals surface area contributed by atoms with Crippen LogP contribution in [-0.2, 0) is 9.53 Å². The Labute approximate surface area is 157 Å². The predicted molar refractivity (Wildman–Crippen MR) is 90.7 cm³/mol. The number of aliphatic hydroxyl groups excluding tert-OH is 1. The fourth-order valence-electron chi connectivity index (χ4n) is 1.81. The van der Waals surface area contributed by atoms with Crippen LogP contribution in [0.1, 0.15) is 24.2 Å². The van der Waals surface area contributed by atoms with Crippen molar-refractivity contribution in [2.75, 3.05) is 11.9 Å². The molecule has 0 aliphatic heterocycles. The van der Waals surface area contributed by atoms with Gasteiger partial charge in [0, 0.05) is 7.05 Å². The molecular weight excluding hydrogens is 393 g/mol. The van der Waals surface area contributed by atoms with Crippen LogP contribution in [-0.4, -0.2) is 42.3 Å². The molecule has 0 saturated heterocycles. The number of carbonyl (C=O) groups is 3. The highest BCUT2D eigenvalue weighted by Gasteiger charge is 2.36. The largest absolute Gasteiger partial charge is 0.504 e. The molecule has 0 radical (unpaired) electrons. The first kappa shape index (κ1) is 22.3. The second-order valence-corrected chi connectivity index (χ2v) is 5.78. The molecule has 7 nitrogen and oxygen atoms in total. The summed E-state index contributed by atoms with van der Waals surface area (Å²) in [6.07, 6.45) is -5.81. The van der Waals surface area contributed by atoms with Gasteiger partial charge in [0.05, 0.1) is 28.5 Å². The van der Waals surface area contributed by atoms with Crippen molar-refractivity contribution >= 4 is 35.2 Å². The molecule has 0 atom stereocenters. The molecule has 3 amide bonds. The van der Waals surface area contributed by atoms with Gasteiger partial charge in [-0.25, -0.2) is 14.5 Å². The van der Waals surface area contributed by atoms with Crippen LogP contribution in [0.15, 0.2) is 30.0 Å². The maximum atomic E-state index is 12.4. The third kappa shape index (κ3) is 5.88. The molecule has 0 aliphatic carbocycles. The van der Waals surface area contributed by atoms with Crippen LogP contribution < -0.4 is 10.2 Å². The van der Waals surface area contributed by atoms with E-state index in [4.69, 9.17) is 21.4 Å². The van der Waals surface area contributed by atoms with Crippen LogP contribution in [0.25, 0.3) is 0 Å². The average molecular weight is 409 g/mol. The molecule has 0 fully saturated rings. The Morgan fingerprint density at radius 3 is 2.37 bits per heavy atom. The van der Waals surface area contributed by atoms with Crippen molar-refractivity contribution in [1.82, 2.24) is 5.32 Å². The standard InChI is InChI=1S/C16H16ClF3N2O5/c1-8(2)27-14(25)10-6-9(4-5-11(10)17)22(15(26)21-3)13(24)7-12(23)16(18,19)20/h4-8,23H,1-3H3,(H,21,26)/b12-7-. The quantitative estimate of drug-likeness (QED) is 0.451. The minimum absolute atomic E-state index is 0.0533. The minimum Gasteiger partial charge on any atom is -0.504 e. The maximum Gasteiger partial charge on any atom is 0.448 e. The Bertz CT molecular complexity index is 778. The van der Waals surface area contributed by atoms with Crippen LogP contribution in [0, 0.1) is 0 Å². The monoisotopic (exact) mass is 408 g/mol. The van der Waals surface area contributed by atoms with E-state index in [-0.39, 0.29) is 22.3 Å². The van der Waals surface area contributed by atoms with E-state index in [1.54, 1.807) is 13.8 Å². The summed E-state index contributed by atoms with van der Waals surface area (Å²) in [7, 11) is 1.14.